The molecule has 0 bridgehead atoms. The predicted molar refractivity (Wildman–Crippen MR) is 87.9 cm³/mol. The summed E-state index contributed by atoms with van der Waals surface area (Å²) >= 11 is 6.10. The second kappa shape index (κ2) is 5.47. The Hall–Kier alpha value is -1.31. The zero-order chi connectivity index (χ0) is 15.0. The summed E-state index contributed by atoms with van der Waals surface area (Å²) in [5.41, 5.74) is 4.51. The fraction of sp³-hybridized carbons (Fsp3) is 0.368. The Morgan fingerprint density at radius 2 is 1.81 bits per heavy atom. The molecular weight excluding hydrogens is 280 g/mol. The van der Waals surface area contributed by atoms with Gasteiger partial charge in [-0.05, 0) is 53.6 Å². The van der Waals surface area contributed by atoms with Crippen LogP contribution in [0, 0.1) is 0 Å². The highest BCUT2D eigenvalue weighted by atomic mass is 35.5. The molecule has 1 N–H and O–H groups in total. The van der Waals surface area contributed by atoms with Crippen LogP contribution in [0.5, 0.6) is 0 Å². The summed E-state index contributed by atoms with van der Waals surface area (Å²) in [5.74, 6) is 0. The fourth-order valence-corrected chi connectivity index (χ4v) is 3.42. The van der Waals surface area contributed by atoms with Crippen LogP contribution in [0.4, 0.5) is 0 Å². The van der Waals surface area contributed by atoms with Crippen molar-refractivity contribution >= 4 is 11.6 Å². The first-order valence-corrected chi connectivity index (χ1v) is 7.92. The molecular formula is C19H21ClO. The first-order chi connectivity index (χ1) is 9.98. The molecule has 0 heterocycles. The molecule has 2 heteroatoms. The molecule has 2 aromatic rings. The van der Waals surface area contributed by atoms with Gasteiger partial charge in [0.05, 0.1) is 6.10 Å². The lowest BCUT2D eigenvalue weighted by Crippen LogP contribution is -2.27. The van der Waals surface area contributed by atoms with Crippen LogP contribution in [0.1, 0.15) is 48.6 Å². The summed E-state index contributed by atoms with van der Waals surface area (Å²) in [6.07, 6.45) is 2.99. The van der Waals surface area contributed by atoms with Crippen molar-refractivity contribution in [2.24, 2.45) is 0 Å². The van der Waals surface area contributed by atoms with Crippen molar-refractivity contribution in [2.45, 2.75) is 44.6 Å². The highest BCUT2D eigenvalue weighted by Crippen LogP contribution is 2.38. The van der Waals surface area contributed by atoms with Gasteiger partial charge in [-0.3, -0.25) is 0 Å². The van der Waals surface area contributed by atoms with E-state index in [-0.39, 0.29) is 5.41 Å². The normalized spacial score (nSPS) is 15.8. The van der Waals surface area contributed by atoms with Gasteiger partial charge in [-0.25, -0.2) is 0 Å². The molecule has 0 radical (unpaired) electrons. The van der Waals surface area contributed by atoms with E-state index >= 15 is 0 Å². The van der Waals surface area contributed by atoms with Gasteiger partial charge in [-0.2, -0.15) is 0 Å². The summed E-state index contributed by atoms with van der Waals surface area (Å²) in [5, 5.41) is 11.6. The molecule has 0 aromatic heterocycles. The molecule has 0 aliphatic heterocycles. The molecule has 1 aliphatic carbocycles. The Morgan fingerprint density at radius 3 is 2.57 bits per heavy atom. The molecule has 1 aliphatic rings. The molecule has 2 aromatic carbocycles. The van der Waals surface area contributed by atoms with Crippen molar-refractivity contribution in [2.75, 3.05) is 0 Å². The van der Waals surface area contributed by atoms with E-state index in [1.54, 1.807) is 0 Å². The van der Waals surface area contributed by atoms with Crippen molar-refractivity contribution in [1.82, 2.24) is 0 Å². The minimum atomic E-state index is -0.540. The van der Waals surface area contributed by atoms with E-state index in [0.29, 0.717) is 5.02 Å². The Morgan fingerprint density at radius 1 is 1.05 bits per heavy atom. The summed E-state index contributed by atoms with van der Waals surface area (Å²) < 4.78 is 0. The van der Waals surface area contributed by atoms with Crippen LogP contribution >= 0.6 is 11.6 Å². The third-order valence-electron chi connectivity index (χ3n) is 4.69. The third kappa shape index (κ3) is 2.73. The third-order valence-corrected chi connectivity index (χ3v) is 4.93. The van der Waals surface area contributed by atoms with E-state index in [0.717, 1.165) is 17.5 Å². The van der Waals surface area contributed by atoms with E-state index in [1.165, 1.54) is 24.0 Å². The van der Waals surface area contributed by atoms with E-state index < -0.39 is 6.10 Å². The number of hydrogen-bond donors (Lipinski definition) is 1. The molecule has 1 nitrogen and oxygen atoms in total. The molecule has 3 rings (SSSR count). The maximum absolute atomic E-state index is 10.9. The molecule has 1 atom stereocenters. The standard InChI is InChI=1S/C19H21ClO/c1-19(2,16-7-4-8-17(20)12-16)18(21)15-10-9-13-5-3-6-14(13)11-15/h4,7-12,18,21H,3,5-6H2,1-2H3. The molecule has 0 spiro atoms. The predicted octanol–water partition coefficient (Wildman–Crippen LogP) is 4.84. The van der Waals surface area contributed by atoms with Crippen LogP contribution in [0.15, 0.2) is 42.5 Å². The lowest BCUT2D eigenvalue weighted by atomic mass is 9.76. The van der Waals surface area contributed by atoms with Crippen molar-refractivity contribution in [3.8, 4) is 0 Å². The Labute approximate surface area is 131 Å². The molecule has 110 valence electrons. The average Bonchev–Trinajstić information content (AvgIpc) is 2.93. The number of aliphatic hydroxyl groups excluding tert-OH is 1. The van der Waals surface area contributed by atoms with Crippen LogP contribution in [-0.4, -0.2) is 5.11 Å². The summed E-state index contributed by atoms with van der Waals surface area (Å²) in [6.45, 7) is 4.13. The van der Waals surface area contributed by atoms with Crippen molar-refractivity contribution in [1.29, 1.82) is 0 Å². The van der Waals surface area contributed by atoms with Crippen LogP contribution in [0.3, 0.4) is 0 Å². The number of hydrogen-bond acceptors (Lipinski definition) is 1. The van der Waals surface area contributed by atoms with Gasteiger partial charge in [0.25, 0.3) is 0 Å². The SMILES string of the molecule is CC(C)(c1cccc(Cl)c1)C(O)c1ccc2c(c1)CCC2. The first kappa shape index (κ1) is 14.6. The minimum Gasteiger partial charge on any atom is -0.388 e. The van der Waals surface area contributed by atoms with Crippen molar-refractivity contribution in [3.05, 3.63) is 69.7 Å². The minimum absolute atomic E-state index is 0.377. The molecule has 0 amide bonds. The number of halogens is 1. The van der Waals surface area contributed by atoms with Gasteiger partial charge in [0.1, 0.15) is 0 Å². The van der Waals surface area contributed by atoms with Gasteiger partial charge < -0.3 is 5.11 Å². The fourth-order valence-electron chi connectivity index (χ4n) is 3.23. The largest absolute Gasteiger partial charge is 0.388 e. The van der Waals surface area contributed by atoms with Gasteiger partial charge >= 0.3 is 0 Å². The Kier molecular flexibility index (Phi) is 3.81. The lowest BCUT2D eigenvalue weighted by molar-refractivity contribution is 0.100. The van der Waals surface area contributed by atoms with Crippen molar-refractivity contribution in [3.63, 3.8) is 0 Å². The number of aryl methyl sites for hydroxylation is 2. The molecule has 1 unspecified atom stereocenters. The highest BCUT2D eigenvalue weighted by Gasteiger charge is 2.31. The first-order valence-electron chi connectivity index (χ1n) is 7.54. The van der Waals surface area contributed by atoms with Gasteiger partial charge in [0.15, 0.2) is 0 Å². The maximum atomic E-state index is 10.9. The number of benzene rings is 2. The van der Waals surface area contributed by atoms with Crippen LogP contribution in [0.25, 0.3) is 0 Å². The quantitative estimate of drug-likeness (QED) is 0.860. The van der Waals surface area contributed by atoms with Gasteiger partial charge in [0.2, 0.25) is 0 Å². The van der Waals surface area contributed by atoms with E-state index in [2.05, 4.69) is 32.0 Å². The summed E-state index contributed by atoms with van der Waals surface area (Å²) in [7, 11) is 0. The van der Waals surface area contributed by atoms with Gasteiger partial charge in [-0.1, -0.05) is 55.8 Å². The number of aliphatic hydroxyl groups is 1. The lowest BCUT2D eigenvalue weighted by Gasteiger charge is -2.32. The van der Waals surface area contributed by atoms with E-state index in [9.17, 15) is 5.11 Å². The summed E-state index contributed by atoms with van der Waals surface area (Å²) in [4.78, 5) is 0. The number of rotatable bonds is 3. The van der Waals surface area contributed by atoms with Crippen LogP contribution < -0.4 is 0 Å². The van der Waals surface area contributed by atoms with E-state index in [1.807, 2.05) is 24.3 Å². The molecule has 21 heavy (non-hydrogen) atoms. The molecule has 0 saturated heterocycles. The topological polar surface area (TPSA) is 20.2 Å². The van der Waals surface area contributed by atoms with Crippen molar-refractivity contribution < 1.29 is 5.11 Å². The zero-order valence-electron chi connectivity index (χ0n) is 12.6. The monoisotopic (exact) mass is 300 g/mol. The summed E-state index contributed by atoms with van der Waals surface area (Å²) in [6, 6.07) is 14.2. The van der Waals surface area contributed by atoms with Gasteiger partial charge in [0, 0.05) is 10.4 Å². The maximum Gasteiger partial charge on any atom is 0.0881 e. The van der Waals surface area contributed by atoms with Crippen LogP contribution in [0.2, 0.25) is 5.02 Å². The zero-order valence-corrected chi connectivity index (χ0v) is 13.3. The Bertz CT molecular complexity index is 660. The van der Waals surface area contributed by atoms with Crippen LogP contribution in [-0.2, 0) is 18.3 Å². The average molecular weight is 301 g/mol. The highest BCUT2D eigenvalue weighted by molar-refractivity contribution is 6.30. The number of fused-ring (bicyclic) bond motifs is 1. The van der Waals surface area contributed by atoms with E-state index in [4.69, 9.17) is 11.6 Å². The second-order valence-corrected chi connectivity index (χ2v) is 6.95. The second-order valence-electron chi connectivity index (χ2n) is 6.52. The molecule has 0 fully saturated rings. The smallest absolute Gasteiger partial charge is 0.0881 e. The molecule has 0 saturated carbocycles. The van der Waals surface area contributed by atoms with Gasteiger partial charge in [-0.15, -0.1) is 0 Å². The Balaban J connectivity index is 1.95.